The van der Waals surface area contributed by atoms with Crippen molar-refractivity contribution in [1.29, 1.82) is 0 Å². The fraction of sp³-hybridized carbons (Fsp3) is 0.471. The van der Waals surface area contributed by atoms with Crippen LogP contribution < -0.4 is 10.2 Å². The number of nitrogens with zero attached hydrogens (tertiary/aromatic N) is 2. The minimum Gasteiger partial charge on any atom is -0.356 e. The molecule has 2 aromatic rings. The lowest BCUT2D eigenvalue weighted by atomic mass is 10.1. The van der Waals surface area contributed by atoms with E-state index in [1.807, 2.05) is 23.6 Å². The predicted molar refractivity (Wildman–Crippen MR) is 92.1 cm³/mol. The molecule has 2 aromatic heterocycles. The van der Waals surface area contributed by atoms with Gasteiger partial charge in [-0.05, 0) is 37.4 Å². The van der Waals surface area contributed by atoms with Gasteiger partial charge in [0.15, 0.2) is 0 Å². The first-order valence-electron chi connectivity index (χ1n) is 7.62. The van der Waals surface area contributed by atoms with Gasteiger partial charge in [0, 0.05) is 42.7 Å². The summed E-state index contributed by atoms with van der Waals surface area (Å²) < 4.78 is 0. The summed E-state index contributed by atoms with van der Waals surface area (Å²) in [6, 6.07) is 8.94. The van der Waals surface area contributed by atoms with Crippen molar-refractivity contribution in [2.75, 3.05) is 18.5 Å². The summed E-state index contributed by atoms with van der Waals surface area (Å²) in [6.07, 6.45) is 4.10. The summed E-state index contributed by atoms with van der Waals surface area (Å²) in [4.78, 5) is 8.32. The number of nitrogens with one attached hydrogen (secondary N) is 1. The molecular weight excluding hydrogens is 278 g/mol. The van der Waals surface area contributed by atoms with E-state index < -0.39 is 0 Å². The molecule has 0 bridgehead atoms. The van der Waals surface area contributed by atoms with E-state index in [1.54, 1.807) is 0 Å². The highest BCUT2D eigenvalue weighted by Crippen LogP contribution is 2.21. The van der Waals surface area contributed by atoms with Crippen molar-refractivity contribution in [3.05, 3.63) is 46.3 Å². The molecule has 0 fully saturated rings. The van der Waals surface area contributed by atoms with Crippen LogP contribution in [0.3, 0.4) is 0 Å². The van der Waals surface area contributed by atoms with Crippen LogP contribution in [0.1, 0.15) is 30.7 Å². The van der Waals surface area contributed by atoms with Crippen LogP contribution >= 0.6 is 11.3 Å². The molecule has 114 valence electrons. The third-order valence-electron chi connectivity index (χ3n) is 3.68. The summed E-state index contributed by atoms with van der Waals surface area (Å²) in [5.74, 6) is 1.09. The fourth-order valence-electron chi connectivity index (χ4n) is 2.35. The zero-order valence-corrected chi connectivity index (χ0v) is 14.0. The Balaban J connectivity index is 2.05. The van der Waals surface area contributed by atoms with Crippen molar-refractivity contribution in [3.63, 3.8) is 0 Å². The van der Waals surface area contributed by atoms with Crippen LogP contribution in [0, 0.1) is 0 Å². The smallest absolute Gasteiger partial charge is 0.133 e. The molecule has 3 nitrogen and oxygen atoms in total. The zero-order valence-electron chi connectivity index (χ0n) is 13.2. The maximum atomic E-state index is 4.60. The molecule has 4 heteroatoms. The molecule has 2 rings (SSSR count). The Morgan fingerprint density at radius 3 is 2.90 bits per heavy atom. The fourth-order valence-corrected chi connectivity index (χ4v) is 3.18. The molecule has 0 aliphatic rings. The van der Waals surface area contributed by atoms with E-state index in [0.717, 1.165) is 31.7 Å². The van der Waals surface area contributed by atoms with Gasteiger partial charge in [0.1, 0.15) is 5.82 Å². The number of hydrogen-bond acceptors (Lipinski definition) is 4. The van der Waals surface area contributed by atoms with Crippen molar-refractivity contribution in [2.45, 2.75) is 39.3 Å². The van der Waals surface area contributed by atoms with Crippen molar-refractivity contribution in [1.82, 2.24) is 10.3 Å². The Hall–Kier alpha value is -1.39. The van der Waals surface area contributed by atoms with Gasteiger partial charge in [0.25, 0.3) is 0 Å². The largest absolute Gasteiger partial charge is 0.356 e. The Morgan fingerprint density at radius 2 is 2.19 bits per heavy atom. The van der Waals surface area contributed by atoms with Crippen molar-refractivity contribution in [3.8, 4) is 0 Å². The third kappa shape index (κ3) is 4.55. The molecule has 0 amide bonds. The summed E-state index contributed by atoms with van der Waals surface area (Å²) in [5, 5.41) is 5.61. The minimum atomic E-state index is 0.434. The topological polar surface area (TPSA) is 28.2 Å². The van der Waals surface area contributed by atoms with Crippen LogP contribution in [0.5, 0.6) is 0 Å². The monoisotopic (exact) mass is 303 g/mol. The van der Waals surface area contributed by atoms with Crippen LogP contribution in [0.4, 0.5) is 5.82 Å². The van der Waals surface area contributed by atoms with Crippen LogP contribution in [-0.2, 0) is 13.0 Å². The van der Waals surface area contributed by atoms with E-state index in [2.05, 4.69) is 59.7 Å². The van der Waals surface area contributed by atoms with Gasteiger partial charge in [-0.2, -0.15) is 0 Å². The molecular formula is C17H25N3S. The van der Waals surface area contributed by atoms with E-state index in [4.69, 9.17) is 0 Å². The number of pyridine rings is 1. The van der Waals surface area contributed by atoms with Gasteiger partial charge in [0.05, 0.1) is 0 Å². The summed E-state index contributed by atoms with van der Waals surface area (Å²) in [5.41, 5.74) is 1.27. The molecule has 0 spiro atoms. The molecule has 0 aromatic carbocycles. The summed E-state index contributed by atoms with van der Waals surface area (Å²) in [7, 11) is 2.14. The second-order valence-corrected chi connectivity index (χ2v) is 6.44. The van der Waals surface area contributed by atoms with E-state index in [-0.39, 0.29) is 0 Å². The lowest BCUT2D eigenvalue weighted by Crippen LogP contribution is -2.32. The SMILES string of the molecule is CCCNCc1cccnc1N(C)C(C)Cc1cccs1. The van der Waals surface area contributed by atoms with Gasteiger partial charge in [-0.15, -0.1) is 11.3 Å². The Bertz CT molecular complexity index is 525. The van der Waals surface area contributed by atoms with E-state index in [9.17, 15) is 0 Å². The maximum Gasteiger partial charge on any atom is 0.133 e. The maximum absolute atomic E-state index is 4.60. The van der Waals surface area contributed by atoms with Crippen molar-refractivity contribution < 1.29 is 0 Å². The lowest BCUT2D eigenvalue weighted by Gasteiger charge is -2.27. The quantitative estimate of drug-likeness (QED) is 0.754. The Morgan fingerprint density at radius 1 is 1.33 bits per heavy atom. The standard InChI is InChI=1S/C17H25N3S/c1-4-9-18-13-15-7-5-10-19-17(15)20(3)14(2)12-16-8-6-11-21-16/h5-8,10-11,14,18H,4,9,12-13H2,1-3H3. The average molecular weight is 303 g/mol. The average Bonchev–Trinajstić information content (AvgIpc) is 3.00. The van der Waals surface area contributed by atoms with Gasteiger partial charge in [-0.1, -0.05) is 19.1 Å². The first-order valence-corrected chi connectivity index (χ1v) is 8.50. The highest BCUT2D eigenvalue weighted by molar-refractivity contribution is 7.09. The molecule has 0 radical (unpaired) electrons. The van der Waals surface area contributed by atoms with Gasteiger partial charge < -0.3 is 10.2 Å². The molecule has 21 heavy (non-hydrogen) atoms. The van der Waals surface area contributed by atoms with Gasteiger partial charge in [-0.25, -0.2) is 4.98 Å². The number of aromatic nitrogens is 1. The highest BCUT2D eigenvalue weighted by atomic mass is 32.1. The number of hydrogen-bond donors (Lipinski definition) is 1. The van der Waals surface area contributed by atoms with Crippen LogP contribution in [-0.4, -0.2) is 24.6 Å². The van der Waals surface area contributed by atoms with Crippen molar-refractivity contribution in [2.24, 2.45) is 0 Å². The van der Waals surface area contributed by atoms with Crippen LogP contribution in [0.2, 0.25) is 0 Å². The molecule has 1 unspecified atom stereocenters. The highest BCUT2D eigenvalue weighted by Gasteiger charge is 2.15. The van der Waals surface area contributed by atoms with Crippen molar-refractivity contribution >= 4 is 17.2 Å². The number of rotatable bonds is 8. The molecule has 1 atom stereocenters. The Labute approximate surface area is 132 Å². The molecule has 0 saturated heterocycles. The van der Waals surface area contributed by atoms with E-state index in [1.165, 1.54) is 10.4 Å². The van der Waals surface area contributed by atoms with E-state index in [0.29, 0.717) is 6.04 Å². The van der Waals surface area contributed by atoms with Crippen LogP contribution in [0.25, 0.3) is 0 Å². The first kappa shape index (κ1) is 16.0. The molecule has 2 heterocycles. The second-order valence-electron chi connectivity index (χ2n) is 5.41. The minimum absolute atomic E-state index is 0.434. The first-order chi connectivity index (χ1) is 10.2. The number of thiophene rings is 1. The van der Waals surface area contributed by atoms with E-state index >= 15 is 0 Å². The molecule has 0 saturated carbocycles. The zero-order chi connectivity index (χ0) is 15.1. The lowest BCUT2D eigenvalue weighted by molar-refractivity contribution is 0.652. The molecule has 0 aliphatic carbocycles. The third-order valence-corrected chi connectivity index (χ3v) is 4.58. The van der Waals surface area contributed by atoms with Crippen LogP contribution in [0.15, 0.2) is 35.8 Å². The number of anilines is 1. The Kier molecular flexibility index (Phi) is 6.21. The van der Waals surface area contributed by atoms with Gasteiger partial charge in [0.2, 0.25) is 0 Å². The van der Waals surface area contributed by atoms with Gasteiger partial charge >= 0.3 is 0 Å². The predicted octanol–water partition coefficient (Wildman–Crippen LogP) is 3.71. The normalized spacial score (nSPS) is 12.3. The molecule has 0 aliphatic heterocycles. The summed E-state index contributed by atoms with van der Waals surface area (Å²) >= 11 is 1.83. The summed E-state index contributed by atoms with van der Waals surface area (Å²) in [6.45, 7) is 6.37. The van der Waals surface area contributed by atoms with Gasteiger partial charge in [-0.3, -0.25) is 0 Å². The second kappa shape index (κ2) is 8.15. The number of likely N-dealkylation sites (N-methyl/N-ethyl adjacent to an activating group) is 1. The molecule has 1 N–H and O–H groups in total.